The zero-order valence-corrected chi connectivity index (χ0v) is 29.7. The molecule has 3 unspecified atom stereocenters. The first-order valence-corrected chi connectivity index (χ1v) is 17.0. The SMILES string of the molecule is C=CC(=O)N(CCCC)C1CN(C(=O)C2CCCN(C)C2)CC1Nc1ncc2c(n1)N(C)C(=O)N(c1c(Cl)c(OC)cc(OC)c1Cl)C2. The summed E-state index contributed by atoms with van der Waals surface area (Å²) in [6.07, 6.45) is 6.51. The minimum Gasteiger partial charge on any atom is -0.495 e. The normalized spacial score (nSPS) is 21.2. The topological polar surface area (TPSA) is 124 Å². The molecule has 0 aliphatic carbocycles. The highest BCUT2D eigenvalue weighted by atomic mass is 35.5. The van der Waals surface area contributed by atoms with Crippen molar-refractivity contribution in [3.63, 3.8) is 0 Å². The molecule has 3 aliphatic rings. The predicted molar refractivity (Wildman–Crippen MR) is 186 cm³/mol. The van der Waals surface area contributed by atoms with E-state index in [2.05, 4.69) is 28.7 Å². The van der Waals surface area contributed by atoms with Gasteiger partial charge in [0.25, 0.3) is 0 Å². The second-order valence-corrected chi connectivity index (χ2v) is 13.2. The van der Waals surface area contributed by atoms with Crippen LogP contribution in [0.3, 0.4) is 0 Å². The maximum absolute atomic E-state index is 13.8. The van der Waals surface area contributed by atoms with Gasteiger partial charge in [-0.1, -0.05) is 43.1 Å². The highest BCUT2D eigenvalue weighted by Gasteiger charge is 2.43. The quantitative estimate of drug-likeness (QED) is 0.337. The number of ether oxygens (including phenoxy) is 2. The standard InChI is InChI=1S/C33H44Cl2N8O5/c1-7-9-13-42(26(44)8-2)23-19-41(31(45)20-11-10-12-39(3)16-20)18-22(23)37-32-36-15-21-17-43(33(46)40(4)30(21)38-32)29-27(34)24(47-5)14-25(48-6)28(29)35/h8,14-15,20,22-23H,2,7,9-13,16-19H2,1,3-6H3,(H,36,37,38). The van der Waals surface area contributed by atoms with E-state index < -0.39 is 6.03 Å². The molecule has 4 heterocycles. The van der Waals surface area contributed by atoms with E-state index in [-0.39, 0.29) is 58.0 Å². The summed E-state index contributed by atoms with van der Waals surface area (Å²) in [7, 11) is 6.58. The third kappa shape index (κ3) is 6.99. The van der Waals surface area contributed by atoms with Crippen LogP contribution in [0, 0.1) is 5.92 Å². The van der Waals surface area contributed by atoms with E-state index in [0.717, 1.165) is 32.2 Å². The number of piperidine rings is 1. The summed E-state index contributed by atoms with van der Waals surface area (Å²) in [5, 5.41) is 3.75. The number of likely N-dealkylation sites (tertiary alicyclic amines) is 2. The Labute approximate surface area is 291 Å². The van der Waals surface area contributed by atoms with Crippen LogP contribution in [0.15, 0.2) is 24.9 Å². The summed E-state index contributed by atoms with van der Waals surface area (Å²) in [5.41, 5.74) is 0.908. The second kappa shape index (κ2) is 15.2. The fourth-order valence-corrected chi connectivity index (χ4v) is 7.47. The van der Waals surface area contributed by atoms with E-state index in [0.29, 0.717) is 49.1 Å². The van der Waals surface area contributed by atoms with Crippen LogP contribution < -0.4 is 24.6 Å². The van der Waals surface area contributed by atoms with Gasteiger partial charge in [-0.15, -0.1) is 0 Å². The molecular weight excluding hydrogens is 659 g/mol. The summed E-state index contributed by atoms with van der Waals surface area (Å²) in [4.78, 5) is 58.7. The Balaban J connectivity index is 1.43. The first-order valence-electron chi connectivity index (χ1n) is 16.2. The van der Waals surface area contributed by atoms with E-state index in [1.807, 2.05) is 11.9 Å². The van der Waals surface area contributed by atoms with Gasteiger partial charge in [0.2, 0.25) is 17.8 Å². The molecule has 3 aliphatic heterocycles. The number of hydrogen-bond acceptors (Lipinski definition) is 9. The second-order valence-electron chi connectivity index (χ2n) is 12.5. The van der Waals surface area contributed by atoms with Crippen molar-refractivity contribution in [3.8, 4) is 11.5 Å². The molecule has 13 nitrogen and oxygen atoms in total. The minimum absolute atomic E-state index is 0.0866. The van der Waals surface area contributed by atoms with Crippen LogP contribution in [-0.4, -0.2) is 116 Å². The monoisotopic (exact) mass is 702 g/mol. The highest BCUT2D eigenvalue weighted by molar-refractivity contribution is 6.42. The molecule has 5 rings (SSSR count). The number of aromatic nitrogens is 2. The number of amides is 4. The van der Waals surface area contributed by atoms with Crippen LogP contribution in [0.25, 0.3) is 0 Å². The van der Waals surface area contributed by atoms with Gasteiger partial charge in [-0.25, -0.2) is 9.78 Å². The average molecular weight is 704 g/mol. The van der Waals surface area contributed by atoms with Crippen molar-refractivity contribution in [3.05, 3.63) is 40.5 Å². The number of rotatable bonds is 11. The van der Waals surface area contributed by atoms with E-state index in [1.54, 1.807) is 24.2 Å². The van der Waals surface area contributed by atoms with Gasteiger partial charge in [-0.05, 0) is 38.9 Å². The van der Waals surface area contributed by atoms with Gasteiger partial charge < -0.3 is 29.5 Å². The molecule has 2 aromatic rings. The molecule has 2 fully saturated rings. The lowest BCUT2D eigenvalue weighted by Gasteiger charge is -2.35. The number of carbonyl (C=O) groups excluding carboxylic acids is 3. The van der Waals surface area contributed by atoms with Crippen LogP contribution in [0.1, 0.15) is 38.2 Å². The Bertz CT molecular complexity index is 1530. The summed E-state index contributed by atoms with van der Waals surface area (Å²) in [6.45, 7) is 8.91. The van der Waals surface area contributed by atoms with E-state index >= 15 is 0 Å². The molecular formula is C33H44Cl2N8O5. The Morgan fingerprint density at radius 1 is 1.15 bits per heavy atom. The summed E-state index contributed by atoms with van der Waals surface area (Å²) >= 11 is 13.3. The van der Waals surface area contributed by atoms with Crippen molar-refractivity contribution in [1.29, 1.82) is 0 Å². The Hall–Kier alpha value is -3.81. The number of nitrogens with zero attached hydrogens (tertiary/aromatic N) is 7. The van der Waals surface area contributed by atoms with Crippen molar-refractivity contribution >= 4 is 58.5 Å². The largest absolute Gasteiger partial charge is 0.495 e. The van der Waals surface area contributed by atoms with Crippen molar-refractivity contribution in [2.45, 2.75) is 51.2 Å². The van der Waals surface area contributed by atoms with Gasteiger partial charge in [0.05, 0.1) is 44.5 Å². The molecule has 0 radical (unpaired) electrons. The molecule has 260 valence electrons. The number of urea groups is 1. The molecule has 0 spiro atoms. The van der Waals surface area contributed by atoms with E-state index in [4.69, 9.17) is 37.7 Å². The summed E-state index contributed by atoms with van der Waals surface area (Å²) < 4.78 is 10.8. The molecule has 48 heavy (non-hydrogen) atoms. The molecule has 4 amide bonds. The number of benzene rings is 1. The molecule has 1 aromatic heterocycles. The van der Waals surface area contributed by atoms with Crippen molar-refractivity contribution < 1.29 is 23.9 Å². The van der Waals surface area contributed by atoms with Gasteiger partial charge in [0.15, 0.2) is 0 Å². The number of halogens is 2. The highest BCUT2D eigenvalue weighted by Crippen LogP contribution is 2.47. The zero-order chi connectivity index (χ0) is 34.7. The van der Waals surface area contributed by atoms with Crippen molar-refractivity contribution in [2.24, 2.45) is 5.92 Å². The molecule has 15 heteroatoms. The number of carbonyl (C=O) groups is 3. The Morgan fingerprint density at radius 2 is 1.85 bits per heavy atom. The molecule has 1 N–H and O–H groups in total. The molecule has 0 saturated carbocycles. The van der Waals surface area contributed by atoms with Gasteiger partial charge >= 0.3 is 6.03 Å². The number of fused-ring (bicyclic) bond motifs is 1. The van der Waals surface area contributed by atoms with Gasteiger partial charge in [0.1, 0.15) is 27.4 Å². The fraction of sp³-hybridized carbons (Fsp3) is 0.545. The third-order valence-corrected chi connectivity index (χ3v) is 10.1. The molecule has 1 aromatic carbocycles. The molecule has 3 atom stereocenters. The van der Waals surface area contributed by atoms with Crippen molar-refractivity contribution in [2.75, 3.05) is 76.2 Å². The van der Waals surface area contributed by atoms with Gasteiger partial charge in [-0.3, -0.25) is 19.4 Å². The zero-order valence-electron chi connectivity index (χ0n) is 28.2. The minimum atomic E-state index is -0.415. The lowest BCUT2D eigenvalue weighted by atomic mass is 9.97. The molecule has 0 bridgehead atoms. The van der Waals surface area contributed by atoms with Gasteiger partial charge in [0, 0.05) is 51.1 Å². The third-order valence-electron chi connectivity index (χ3n) is 9.33. The average Bonchev–Trinajstić information content (AvgIpc) is 3.50. The first-order chi connectivity index (χ1) is 23.0. The maximum atomic E-state index is 13.8. The lowest BCUT2D eigenvalue weighted by Crippen LogP contribution is -2.49. The number of methoxy groups -OCH3 is 2. The fourth-order valence-electron chi connectivity index (χ4n) is 6.76. The van der Waals surface area contributed by atoms with Crippen LogP contribution >= 0.6 is 23.2 Å². The Morgan fingerprint density at radius 3 is 2.48 bits per heavy atom. The molecule has 2 saturated heterocycles. The first kappa shape index (κ1) is 35.5. The summed E-state index contributed by atoms with van der Waals surface area (Å²) in [5.74, 6) is 1.13. The van der Waals surface area contributed by atoms with Crippen LogP contribution in [0.4, 0.5) is 22.2 Å². The van der Waals surface area contributed by atoms with Crippen LogP contribution in [0.5, 0.6) is 11.5 Å². The van der Waals surface area contributed by atoms with E-state index in [9.17, 15) is 14.4 Å². The number of anilines is 3. The number of unbranched alkanes of at least 4 members (excludes halogenated alkanes) is 1. The van der Waals surface area contributed by atoms with Crippen LogP contribution in [-0.2, 0) is 16.1 Å². The van der Waals surface area contributed by atoms with Gasteiger partial charge in [-0.2, -0.15) is 4.98 Å². The van der Waals surface area contributed by atoms with Crippen LogP contribution in [0.2, 0.25) is 10.0 Å². The van der Waals surface area contributed by atoms with Crippen molar-refractivity contribution in [1.82, 2.24) is 24.7 Å². The maximum Gasteiger partial charge on any atom is 0.330 e. The summed E-state index contributed by atoms with van der Waals surface area (Å²) in [6, 6.07) is 0.471. The smallest absolute Gasteiger partial charge is 0.330 e. The predicted octanol–water partition coefficient (Wildman–Crippen LogP) is 4.52. The van der Waals surface area contributed by atoms with E-state index in [1.165, 1.54) is 30.1 Å². The number of hydrogen-bond donors (Lipinski definition) is 1. The Kier molecular flexibility index (Phi) is 11.2. The number of nitrogens with one attached hydrogen (secondary N) is 1. The lowest BCUT2D eigenvalue weighted by molar-refractivity contribution is -0.137.